The van der Waals surface area contributed by atoms with Gasteiger partial charge in [0, 0.05) is 58.3 Å². The lowest BCUT2D eigenvalue weighted by molar-refractivity contribution is -0.144. The Hall–Kier alpha value is -3.90. The Morgan fingerprint density at radius 2 is 1.76 bits per heavy atom. The van der Waals surface area contributed by atoms with Crippen LogP contribution in [0.25, 0.3) is 0 Å². The van der Waals surface area contributed by atoms with Crippen LogP contribution in [0, 0.1) is 22.7 Å². The maximum absolute atomic E-state index is 13.6. The van der Waals surface area contributed by atoms with Crippen LogP contribution >= 0.6 is 0 Å². The van der Waals surface area contributed by atoms with Crippen molar-refractivity contribution in [2.24, 2.45) is 0 Å². The first-order chi connectivity index (χ1) is 17.8. The highest BCUT2D eigenvalue weighted by atomic mass is 19.4. The Morgan fingerprint density at radius 3 is 2.35 bits per heavy atom. The zero-order chi connectivity index (χ0) is 26.4. The molecule has 0 saturated carbocycles. The highest BCUT2D eigenvalue weighted by molar-refractivity contribution is 5.86. The van der Waals surface area contributed by atoms with Crippen LogP contribution in [-0.2, 0) is 17.4 Å². The summed E-state index contributed by atoms with van der Waals surface area (Å²) in [5.74, 6) is -1.22. The lowest BCUT2D eigenvalue weighted by Crippen LogP contribution is -2.57. The molecule has 9 nitrogen and oxygen atoms in total. The van der Waals surface area contributed by atoms with Gasteiger partial charge >= 0.3 is 6.18 Å². The topological polar surface area (TPSA) is 112 Å². The number of rotatable bonds is 8. The first kappa shape index (κ1) is 26.2. The molecule has 4 rings (SSSR count). The molecule has 3 heterocycles. The summed E-state index contributed by atoms with van der Waals surface area (Å²) in [6, 6.07) is 12.1. The van der Waals surface area contributed by atoms with Gasteiger partial charge in [0.15, 0.2) is 0 Å². The SMILES string of the molecule is N#CCCN1CCN(c2cc(N3CCC3C(=O)NCCc3ccc(C#N)cc3)nc(C(F)(F)F)n2)CC1. The summed E-state index contributed by atoms with van der Waals surface area (Å²) in [4.78, 5) is 25.8. The van der Waals surface area contributed by atoms with Crippen molar-refractivity contribution < 1.29 is 18.0 Å². The van der Waals surface area contributed by atoms with E-state index in [9.17, 15) is 18.0 Å². The molecule has 1 amide bonds. The number of nitrogens with one attached hydrogen (secondary N) is 1. The number of hydrogen-bond acceptors (Lipinski definition) is 8. The maximum atomic E-state index is 13.6. The Labute approximate surface area is 213 Å². The highest BCUT2D eigenvalue weighted by Gasteiger charge is 2.40. The first-order valence-corrected chi connectivity index (χ1v) is 12.1. The van der Waals surface area contributed by atoms with E-state index in [0.29, 0.717) is 70.6 Å². The number of anilines is 2. The van der Waals surface area contributed by atoms with Gasteiger partial charge in [0.1, 0.15) is 17.7 Å². The molecule has 2 fully saturated rings. The molecular weight excluding hydrogens is 485 g/mol. The second-order valence-electron chi connectivity index (χ2n) is 8.99. The number of carbonyl (C=O) groups is 1. The highest BCUT2D eigenvalue weighted by Crippen LogP contribution is 2.33. The molecule has 2 saturated heterocycles. The van der Waals surface area contributed by atoms with Crippen molar-refractivity contribution in [1.82, 2.24) is 20.2 Å². The van der Waals surface area contributed by atoms with E-state index in [1.807, 2.05) is 12.1 Å². The molecule has 2 aromatic rings. The zero-order valence-electron chi connectivity index (χ0n) is 20.2. The second kappa shape index (κ2) is 11.4. The van der Waals surface area contributed by atoms with E-state index in [0.717, 1.165) is 5.56 Å². The fraction of sp³-hybridized carbons (Fsp3) is 0.480. The van der Waals surface area contributed by atoms with Crippen molar-refractivity contribution in [3.05, 3.63) is 47.3 Å². The van der Waals surface area contributed by atoms with Gasteiger partial charge in [0.2, 0.25) is 11.7 Å². The van der Waals surface area contributed by atoms with Crippen LogP contribution in [0.5, 0.6) is 0 Å². The van der Waals surface area contributed by atoms with Gasteiger partial charge in [-0.3, -0.25) is 9.69 Å². The van der Waals surface area contributed by atoms with Gasteiger partial charge < -0.3 is 15.1 Å². The molecule has 1 unspecified atom stereocenters. The summed E-state index contributed by atoms with van der Waals surface area (Å²) in [7, 11) is 0. The predicted molar refractivity (Wildman–Crippen MR) is 130 cm³/mol. The number of benzene rings is 1. The lowest BCUT2D eigenvalue weighted by Gasteiger charge is -2.41. The number of hydrogen-bond donors (Lipinski definition) is 1. The monoisotopic (exact) mass is 512 g/mol. The maximum Gasteiger partial charge on any atom is 0.451 e. The van der Waals surface area contributed by atoms with E-state index < -0.39 is 18.0 Å². The average Bonchev–Trinajstić information content (AvgIpc) is 2.87. The summed E-state index contributed by atoms with van der Waals surface area (Å²) in [6.45, 7) is 3.63. The number of nitriles is 2. The molecule has 1 aromatic carbocycles. The van der Waals surface area contributed by atoms with E-state index in [1.165, 1.54) is 6.07 Å². The standard InChI is InChI=1S/C25H27F3N8O/c26-25(27,28)24-32-21(35-14-12-34(13-15-35)10-1-8-29)16-22(33-24)36-11-7-20(36)23(37)31-9-6-18-2-4-19(17-30)5-3-18/h2-5,16,20H,1,6-7,9-15H2,(H,31,37). The second-order valence-corrected chi connectivity index (χ2v) is 8.99. The quantitative estimate of drug-likeness (QED) is 0.574. The van der Waals surface area contributed by atoms with Crippen LogP contribution in [0.4, 0.5) is 24.8 Å². The minimum atomic E-state index is -4.72. The smallest absolute Gasteiger partial charge is 0.354 e. The zero-order valence-corrected chi connectivity index (χ0v) is 20.2. The normalized spacial score (nSPS) is 18.0. The summed E-state index contributed by atoms with van der Waals surface area (Å²) in [5.41, 5.74) is 1.52. The van der Waals surface area contributed by atoms with Crippen LogP contribution in [-0.4, -0.2) is 72.6 Å². The largest absolute Gasteiger partial charge is 0.451 e. The van der Waals surface area contributed by atoms with Crippen molar-refractivity contribution in [2.45, 2.75) is 31.5 Å². The van der Waals surface area contributed by atoms with Crippen molar-refractivity contribution in [3.8, 4) is 12.1 Å². The third-order valence-corrected chi connectivity index (χ3v) is 6.60. The van der Waals surface area contributed by atoms with Crippen molar-refractivity contribution in [2.75, 3.05) is 55.6 Å². The van der Waals surface area contributed by atoms with E-state index >= 15 is 0 Å². The molecule has 12 heteroatoms. The lowest BCUT2D eigenvalue weighted by atomic mass is 10.0. The minimum absolute atomic E-state index is 0.0859. The van der Waals surface area contributed by atoms with E-state index in [2.05, 4.69) is 32.3 Å². The summed E-state index contributed by atoms with van der Waals surface area (Å²) in [6.07, 6.45) is -3.23. The van der Waals surface area contributed by atoms with Crippen LogP contribution < -0.4 is 15.1 Å². The molecule has 2 aliphatic heterocycles. The van der Waals surface area contributed by atoms with Gasteiger partial charge in [0.25, 0.3) is 0 Å². The van der Waals surface area contributed by atoms with Gasteiger partial charge in [-0.05, 0) is 30.5 Å². The van der Waals surface area contributed by atoms with E-state index in [4.69, 9.17) is 10.5 Å². The Bertz CT molecular complexity index is 1180. The van der Waals surface area contributed by atoms with Gasteiger partial charge in [-0.1, -0.05) is 12.1 Å². The number of carbonyl (C=O) groups excluding carboxylic acids is 1. The number of nitrogens with zero attached hydrogens (tertiary/aromatic N) is 7. The predicted octanol–water partition coefficient (Wildman–Crippen LogP) is 2.34. The summed E-state index contributed by atoms with van der Waals surface area (Å²) >= 11 is 0. The number of aromatic nitrogens is 2. The third-order valence-electron chi connectivity index (χ3n) is 6.60. The Kier molecular flexibility index (Phi) is 8.09. The molecule has 0 bridgehead atoms. The fourth-order valence-corrected chi connectivity index (χ4v) is 4.39. The summed E-state index contributed by atoms with van der Waals surface area (Å²) in [5, 5.41) is 20.5. The number of alkyl halides is 3. The molecule has 2 aliphatic rings. The molecule has 1 N–H and O–H groups in total. The number of halogens is 3. The third kappa shape index (κ3) is 6.46. The van der Waals surface area contributed by atoms with Gasteiger partial charge in [-0.2, -0.15) is 23.7 Å². The molecule has 0 aliphatic carbocycles. The first-order valence-electron chi connectivity index (χ1n) is 12.1. The number of amides is 1. The van der Waals surface area contributed by atoms with Gasteiger partial charge in [-0.25, -0.2) is 9.97 Å². The van der Waals surface area contributed by atoms with Crippen LogP contribution in [0.3, 0.4) is 0 Å². The van der Waals surface area contributed by atoms with E-state index in [-0.39, 0.29) is 17.5 Å². The molecular formula is C25H27F3N8O. The van der Waals surface area contributed by atoms with Crippen molar-refractivity contribution in [3.63, 3.8) is 0 Å². The Balaban J connectivity index is 1.41. The molecule has 1 atom stereocenters. The van der Waals surface area contributed by atoms with Crippen molar-refractivity contribution in [1.29, 1.82) is 10.5 Å². The van der Waals surface area contributed by atoms with Crippen LogP contribution in [0.2, 0.25) is 0 Å². The van der Waals surface area contributed by atoms with Gasteiger partial charge in [0.05, 0.1) is 17.7 Å². The fourth-order valence-electron chi connectivity index (χ4n) is 4.39. The summed E-state index contributed by atoms with van der Waals surface area (Å²) < 4.78 is 40.9. The molecule has 0 spiro atoms. The minimum Gasteiger partial charge on any atom is -0.354 e. The Morgan fingerprint density at radius 1 is 1.05 bits per heavy atom. The molecule has 0 radical (unpaired) electrons. The number of piperazine rings is 1. The van der Waals surface area contributed by atoms with Crippen LogP contribution in [0.15, 0.2) is 30.3 Å². The molecule has 194 valence electrons. The molecule has 1 aromatic heterocycles. The van der Waals surface area contributed by atoms with Crippen LogP contribution in [0.1, 0.15) is 29.8 Å². The molecule has 37 heavy (non-hydrogen) atoms. The van der Waals surface area contributed by atoms with Crippen molar-refractivity contribution >= 4 is 17.5 Å². The van der Waals surface area contributed by atoms with Gasteiger partial charge in [-0.15, -0.1) is 0 Å². The van der Waals surface area contributed by atoms with E-state index in [1.54, 1.807) is 21.9 Å². The average molecular weight is 513 g/mol.